The number of amides is 1. The van der Waals surface area contributed by atoms with E-state index in [0.29, 0.717) is 5.75 Å². The van der Waals surface area contributed by atoms with E-state index in [0.717, 1.165) is 23.3 Å². The fourth-order valence-corrected chi connectivity index (χ4v) is 2.36. The predicted molar refractivity (Wildman–Crippen MR) is 91.1 cm³/mol. The van der Waals surface area contributed by atoms with E-state index < -0.39 is 23.8 Å². The Labute approximate surface area is 148 Å². The van der Waals surface area contributed by atoms with Crippen LogP contribution in [0.3, 0.4) is 0 Å². The lowest BCUT2D eigenvalue weighted by Gasteiger charge is -2.19. The molecule has 2 rings (SSSR count). The summed E-state index contributed by atoms with van der Waals surface area (Å²) in [6.07, 6.45) is -5.61. The number of aryl methyl sites for hydroxylation is 1. The average molecular weight is 372 g/mol. The van der Waals surface area contributed by atoms with Gasteiger partial charge in [-0.3, -0.25) is 4.79 Å². The molecule has 7 heteroatoms. The Morgan fingerprint density at radius 2 is 1.88 bits per heavy atom. The van der Waals surface area contributed by atoms with E-state index in [1.807, 2.05) is 19.9 Å². The van der Waals surface area contributed by atoms with Gasteiger partial charge < -0.3 is 10.1 Å². The van der Waals surface area contributed by atoms with Crippen LogP contribution in [0.25, 0.3) is 0 Å². The maximum atomic E-state index is 13.1. The topological polar surface area (TPSA) is 38.3 Å². The maximum Gasteiger partial charge on any atom is 0.418 e. The summed E-state index contributed by atoms with van der Waals surface area (Å²) in [7, 11) is 0. The van der Waals surface area contributed by atoms with E-state index in [-0.39, 0.29) is 10.7 Å². The molecule has 0 spiro atoms. The molecule has 1 amide bonds. The van der Waals surface area contributed by atoms with Crippen LogP contribution >= 0.6 is 11.6 Å². The Morgan fingerprint density at radius 1 is 1.20 bits per heavy atom. The van der Waals surface area contributed by atoms with Crippen molar-refractivity contribution in [2.75, 3.05) is 5.32 Å². The van der Waals surface area contributed by atoms with Gasteiger partial charge in [0.05, 0.1) is 11.3 Å². The van der Waals surface area contributed by atoms with Crippen LogP contribution in [0.15, 0.2) is 36.4 Å². The number of carbonyl (C=O) groups is 1. The molecule has 0 aliphatic rings. The number of hydrogen-bond donors (Lipinski definition) is 1. The Hall–Kier alpha value is -2.21. The van der Waals surface area contributed by atoms with Gasteiger partial charge in [0.25, 0.3) is 5.91 Å². The first-order chi connectivity index (χ1) is 11.6. The van der Waals surface area contributed by atoms with Crippen molar-refractivity contribution in [1.82, 2.24) is 0 Å². The molecule has 0 fully saturated rings. The molecule has 0 heterocycles. The predicted octanol–water partition coefficient (Wildman–Crippen LogP) is 5.38. The van der Waals surface area contributed by atoms with Crippen molar-refractivity contribution in [2.24, 2.45) is 0 Å². The van der Waals surface area contributed by atoms with Gasteiger partial charge in [-0.25, -0.2) is 0 Å². The third-order valence-electron chi connectivity index (χ3n) is 3.77. The number of ether oxygens (including phenoxy) is 1. The first kappa shape index (κ1) is 19.1. The molecule has 3 nitrogen and oxygen atoms in total. The molecular weight excluding hydrogens is 355 g/mol. The highest BCUT2D eigenvalue weighted by atomic mass is 35.5. The van der Waals surface area contributed by atoms with Gasteiger partial charge in [0, 0.05) is 5.02 Å². The minimum atomic E-state index is -4.63. The zero-order chi connectivity index (χ0) is 18.8. The highest BCUT2D eigenvalue weighted by Gasteiger charge is 2.34. The summed E-state index contributed by atoms with van der Waals surface area (Å²) in [5, 5.41) is 2.19. The molecule has 0 radical (unpaired) electrons. The second-order valence-electron chi connectivity index (χ2n) is 5.64. The summed E-state index contributed by atoms with van der Waals surface area (Å²) in [4.78, 5) is 12.2. The monoisotopic (exact) mass is 371 g/mol. The number of anilines is 1. The summed E-state index contributed by atoms with van der Waals surface area (Å²) in [5.74, 6) is -0.177. The third kappa shape index (κ3) is 4.66. The molecule has 0 saturated heterocycles. The standard InChI is InChI=1S/C18H17ClF3NO2/c1-10-5-4-6-16(11(10)2)25-12(3)17(24)23-15-8-7-13(19)9-14(15)18(20,21)22/h4-9,12H,1-3H3,(H,23,24)/t12-/m0/s1. The number of halogens is 4. The van der Waals surface area contributed by atoms with Gasteiger partial charge in [-0.1, -0.05) is 23.7 Å². The third-order valence-corrected chi connectivity index (χ3v) is 4.01. The van der Waals surface area contributed by atoms with E-state index in [4.69, 9.17) is 16.3 Å². The highest BCUT2D eigenvalue weighted by Crippen LogP contribution is 2.36. The summed E-state index contributed by atoms with van der Waals surface area (Å²) >= 11 is 5.62. The molecule has 2 aromatic rings. The molecule has 1 atom stereocenters. The largest absolute Gasteiger partial charge is 0.481 e. The minimum Gasteiger partial charge on any atom is -0.481 e. The van der Waals surface area contributed by atoms with Crippen LogP contribution in [0.4, 0.5) is 18.9 Å². The van der Waals surface area contributed by atoms with Crippen LogP contribution in [-0.4, -0.2) is 12.0 Å². The van der Waals surface area contributed by atoms with Crippen molar-refractivity contribution in [2.45, 2.75) is 33.1 Å². The number of carbonyl (C=O) groups excluding carboxylic acids is 1. The van der Waals surface area contributed by atoms with Crippen LogP contribution in [0.5, 0.6) is 5.75 Å². The molecule has 2 aromatic carbocycles. The van der Waals surface area contributed by atoms with Crippen molar-refractivity contribution in [3.63, 3.8) is 0 Å². The lowest BCUT2D eigenvalue weighted by Crippen LogP contribution is -2.31. The molecule has 25 heavy (non-hydrogen) atoms. The minimum absolute atomic E-state index is 0.0648. The van der Waals surface area contributed by atoms with E-state index in [2.05, 4.69) is 5.32 Å². The van der Waals surface area contributed by atoms with Crippen LogP contribution in [0.1, 0.15) is 23.6 Å². The maximum absolute atomic E-state index is 13.1. The number of nitrogens with one attached hydrogen (secondary N) is 1. The van der Waals surface area contributed by atoms with Crippen LogP contribution in [0, 0.1) is 13.8 Å². The van der Waals surface area contributed by atoms with E-state index in [9.17, 15) is 18.0 Å². The van der Waals surface area contributed by atoms with Crippen LogP contribution in [0.2, 0.25) is 5.02 Å². The van der Waals surface area contributed by atoms with Gasteiger partial charge in [-0.15, -0.1) is 0 Å². The molecule has 1 N–H and O–H groups in total. The molecule has 0 saturated carbocycles. The van der Waals surface area contributed by atoms with Gasteiger partial charge in [-0.2, -0.15) is 13.2 Å². The number of hydrogen-bond acceptors (Lipinski definition) is 2. The molecule has 134 valence electrons. The Morgan fingerprint density at radius 3 is 2.52 bits per heavy atom. The van der Waals surface area contributed by atoms with Crippen molar-refractivity contribution in [3.05, 3.63) is 58.1 Å². The molecule has 0 aliphatic heterocycles. The van der Waals surface area contributed by atoms with Crippen molar-refractivity contribution < 1.29 is 22.7 Å². The second-order valence-corrected chi connectivity index (χ2v) is 6.07. The summed E-state index contributed by atoms with van der Waals surface area (Å²) in [6, 6.07) is 8.55. The summed E-state index contributed by atoms with van der Waals surface area (Å²) < 4.78 is 44.8. The summed E-state index contributed by atoms with van der Waals surface area (Å²) in [6.45, 7) is 5.22. The molecule has 0 bridgehead atoms. The lowest BCUT2D eigenvalue weighted by atomic mass is 10.1. The van der Waals surface area contributed by atoms with Crippen LogP contribution in [-0.2, 0) is 11.0 Å². The first-order valence-electron chi connectivity index (χ1n) is 7.50. The Bertz CT molecular complexity index is 790. The number of alkyl halides is 3. The van der Waals surface area contributed by atoms with Gasteiger partial charge in [0.15, 0.2) is 6.10 Å². The van der Waals surface area contributed by atoms with Gasteiger partial charge in [0.1, 0.15) is 5.75 Å². The molecule has 0 aliphatic carbocycles. The zero-order valence-electron chi connectivity index (χ0n) is 13.9. The normalized spacial score (nSPS) is 12.6. The number of rotatable bonds is 4. The van der Waals surface area contributed by atoms with Gasteiger partial charge in [0.2, 0.25) is 0 Å². The van der Waals surface area contributed by atoms with E-state index in [1.165, 1.54) is 13.0 Å². The lowest BCUT2D eigenvalue weighted by molar-refractivity contribution is -0.137. The molecular formula is C18H17ClF3NO2. The highest BCUT2D eigenvalue weighted by molar-refractivity contribution is 6.30. The fraction of sp³-hybridized carbons (Fsp3) is 0.278. The van der Waals surface area contributed by atoms with Crippen molar-refractivity contribution in [1.29, 1.82) is 0 Å². The summed E-state index contributed by atoms with van der Waals surface area (Å²) in [5.41, 5.74) is 0.484. The van der Waals surface area contributed by atoms with Crippen molar-refractivity contribution >= 4 is 23.2 Å². The molecule has 0 aromatic heterocycles. The van der Waals surface area contributed by atoms with Gasteiger partial charge >= 0.3 is 6.18 Å². The Balaban J connectivity index is 2.18. The fourth-order valence-electron chi connectivity index (χ4n) is 2.19. The average Bonchev–Trinajstić information content (AvgIpc) is 2.52. The quantitative estimate of drug-likeness (QED) is 0.783. The second kappa shape index (κ2) is 7.35. The van der Waals surface area contributed by atoms with Crippen LogP contribution < -0.4 is 10.1 Å². The van der Waals surface area contributed by atoms with E-state index in [1.54, 1.807) is 12.1 Å². The SMILES string of the molecule is Cc1cccc(O[C@@H](C)C(=O)Nc2ccc(Cl)cc2C(F)(F)F)c1C. The Kier molecular flexibility index (Phi) is 5.62. The van der Waals surface area contributed by atoms with E-state index >= 15 is 0 Å². The molecule has 0 unspecified atom stereocenters. The van der Waals surface area contributed by atoms with Crippen molar-refractivity contribution in [3.8, 4) is 5.75 Å². The van der Waals surface area contributed by atoms with Gasteiger partial charge in [-0.05, 0) is 56.2 Å². The number of benzene rings is 2. The zero-order valence-corrected chi connectivity index (χ0v) is 14.6. The first-order valence-corrected chi connectivity index (χ1v) is 7.88. The smallest absolute Gasteiger partial charge is 0.418 e.